The van der Waals surface area contributed by atoms with Crippen LogP contribution in [0, 0.1) is 17.2 Å². The summed E-state index contributed by atoms with van der Waals surface area (Å²) in [6.07, 6.45) is 6.83. The number of rotatable bonds is 3. The van der Waals surface area contributed by atoms with Gasteiger partial charge in [-0.1, -0.05) is 19.3 Å². The third-order valence-electron chi connectivity index (χ3n) is 2.84. The molecule has 0 aromatic rings. The minimum atomic E-state index is -0.350. The second-order valence-electron chi connectivity index (χ2n) is 4.62. The Labute approximate surface area is 81.3 Å². The Morgan fingerprint density at radius 3 is 2.46 bits per heavy atom. The van der Waals surface area contributed by atoms with E-state index >= 15 is 0 Å². The van der Waals surface area contributed by atoms with Gasteiger partial charge in [-0.05, 0) is 39.2 Å². The molecule has 0 aliphatic heterocycles. The summed E-state index contributed by atoms with van der Waals surface area (Å²) >= 11 is 0. The second-order valence-corrected chi connectivity index (χ2v) is 4.62. The lowest BCUT2D eigenvalue weighted by atomic mass is 9.89. The highest BCUT2D eigenvalue weighted by molar-refractivity contribution is 5.00. The van der Waals surface area contributed by atoms with E-state index in [1.54, 1.807) is 0 Å². The molecule has 0 aromatic carbocycles. The van der Waals surface area contributed by atoms with Crippen molar-refractivity contribution >= 4 is 0 Å². The normalized spacial score (nSPS) is 19.8. The van der Waals surface area contributed by atoms with Crippen LogP contribution in [-0.4, -0.2) is 12.1 Å². The van der Waals surface area contributed by atoms with Gasteiger partial charge in [-0.15, -0.1) is 0 Å². The van der Waals surface area contributed by atoms with Gasteiger partial charge in [0.2, 0.25) is 0 Å². The molecule has 1 rings (SSSR count). The predicted molar refractivity (Wildman–Crippen MR) is 54.3 cm³/mol. The van der Waals surface area contributed by atoms with E-state index in [2.05, 4.69) is 11.4 Å². The zero-order valence-electron chi connectivity index (χ0n) is 8.77. The maximum absolute atomic E-state index is 8.81. The summed E-state index contributed by atoms with van der Waals surface area (Å²) in [5.74, 6) is 0.807. The summed E-state index contributed by atoms with van der Waals surface area (Å²) in [7, 11) is 0. The van der Waals surface area contributed by atoms with E-state index in [0.717, 1.165) is 12.5 Å². The van der Waals surface area contributed by atoms with Gasteiger partial charge < -0.3 is 0 Å². The lowest BCUT2D eigenvalue weighted by Crippen LogP contribution is -2.40. The van der Waals surface area contributed by atoms with Crippen LogP contribution in [0.1, 0.15) is 46.0 Å². The van der Waals surface area contributed by atoms with Crippen molar-refractivity contribution in [2.45, 2.75) is 51.5 Å². The first-order chi connectivity index (χ1) is 6.14. The van der Waals surface area contributed by atoms with Crippen LogP contribution < -0.4 is 5.32 Å². The van der Waals surface area contributed by atoms with Gasteiger partial charge in [0.1, 0.15) is 5.54 Å². The number of hydrogen-bond donors (Lipinski definition) is 1. The van der Waals surface area contributed by atoms with Crippen LogP contribution in [0.15, 0.2) is 0 Å². The third kappa shape index (κ3) is 3.78. The quantitative estimate of drug-likeness (QED) is 0.724. The highest BCUT2D eigenvalue weighted by atomic mass is 15.0. The van der Waals surface area contributed by atoms with Crippen molar-refractivity contribution < 1.29 is 0 Å². The Kier molecular flexibility index (Phi) is 3.74. The summed E-state index contributed by atoms with van der Waals surface area (Å²) in [4.78, 5) is 0. The lowest BCUT2D eigenvalue weighted by molar-refractivity contribution is 0.318. The Balaban J connectivity index is 2.22. The molecule has 74 valence electrons. The average Bonchev–Trinajstić information content (AvgIpc) is 2.17. The van der Waals surface area contributed by atoms with Crippen molar-refractivity contribution in [1.82, 2.24) is 5.32 Å². The van der Waals surface area contributed by atoms with E-state index in [1.807, 2.05) is 13.8 Å². The van der Waals surface area contributed by atoms with Gasteiger partial charge in [0.25, 0.3) is 0 Å². The first kappa shape index (κ1) is 10.5. The summed E-state index contributed by atoms with van der Waals surface area (Å²) in [6.45, 7) is 4.90. The molecule has 0 heterocycles. The molecule has 1 N–H and O–H groups in total. The molecule has 0 atom stereocenters. The van der Waals surface area contributed by atoms with E-state index in [9.17, 15) is 0 Å². The van der Waals surface area contributed by atoms with Crippen LogP contribution in [0.4, 0.5) is 0 Å². The van der Waals surface area contributed by atoms with E-state index in [-0.39, 0.29) is 5.54 Å². The molecular weight excluding hydrogens is 160 g/mol. The van der Waals surface area contributed by atoms with Crippen LogP contribution in [0.25, 0.3) is 0 Å². The van der Waals surface area contributed by atoms with E-state index in [0.29, 0.717) is 0 Å². The molecular formula is C11H20N2. The molecule has 0 spiro atoms. The highest BCUT2D eigenvalue weighted by Crippen LogP contribution is 2.23. The summed E-state index contributed by atoms with van der Waals surface area (Å²) in [5.41, 5.74) is -0.350. The Morgan fingerprint density at radius 1 is 1.31 bits per heavy atom. The van der Waals surface area contributed by atoms with Crippen molar-refractivity contribution in [3.63, 3.8) is 0 Å². The molecule has 1 aliphatic carbocycles. The highest BCUT2D eigenvalue weighted by Gasteiger charge is 2.19. The molecule has 0 radical (unpaired) electrons. The van der Waals surface area contributed by atoms with Gasteiger partial charge in [-0.25, -0.2) is 0 Å². The Bertz CT molecular complexity index is 185. The van der Waals surface area contributed by atoms with Crippen molar-refractivity contribution in [1.29, 1.82) is 5.26 Å². The van der Waals surface area contributed by atoms with Crippen molar-refractivity contribution in [2.24, 2.45) is 5.92 Å². The van der Waals surface area contributed by atoms with Gasteiger partial charge in [0.05, 0.1) is 6.07 Å². The first-order valence-corrected chi connectivity index (χ1v) is 5.30. The number of nitrogens with zero attached hydrogens (tertiary/aromatic N) is 1. The van der Waals surface area contributed by atoms with Gasteiger partial charge in [0.15, 0.2) is 0 Å². The number of nitriles is 1. The minimum absolute atomic E-state index is 0.350. The molecule has 13 heavy (non-hydrogen) atoms. The Morgan fingerprint density at radius 2 is 1.92 bits per heavy atom. The van der Waals surface area contributed by atoms with Gasteiger partial charge in [0, 0.05) is 0 Å². The largest absolute Gasteiger partial charge is 0.300 e. The second kappa shape index (κ2) is 4.62. The minimum Gasteiger partial charge on any atom is -0.300 e. The average molecular weight is 180 g/mol. The number of hydrogen-bond acceptors (Lipinski definition) is 2. The van der Waals surface area contributed by atoms with Crippen LogP contribution in [0.3, 0.4) is 0 Å². The first-order valence-electron chi connectivity index (χ1n) is 5.30. The van der Waals surface area contributed by atoms with Crippen LogP contribution >= 0.6 is 0 Å². The van der Waals surface area contributed by atoms with Crippen molar-refractivity contribution in [3.8, 4) is 6.07 Å². The van der Waals surface area contributed by atoms with Crippen molar-refractivity contribution in [2.75, 3.05) is 6.54 Å². The van der Waals surface area contributed by atoms with Gasteiger partial charge >= 0.3 is 0 Å². The predicted octanol–water partition coefficient (Wildman–Crippen LogP) is 2.46. The maximum atomic E-state index is 8.81. The monoisotopic (exact) mass is 180 g/mol. The van der Waals surface area contributed by atoms with E-state index < -0.39 is 0 Å². The van der Waals surface area contributed by atoms with E-state index in [4.69, 9.17) is 5.26 Å². The molecule has 0 amide bonds. The molecule has 0 aromatic heterocycles. The van der Waals surface area contributed by atoms with Gasteiger partial charge in [-0.3, -0.25) is 5.32 Å². The lowest BCUT2D eigenvalue weighted by Gasteiger charge is -2.25. The molecule has 1 saturated carbocycles. The summed E-state index contributed by atoms with van der Waals surface area (Å²) in [5, 5.41) is 12.1. The molecule has 0 saturated heterocycles. The van der Waals surface area contributed by atoms with Crippen LogP contribution in [0.5, 0.6) is 0 Å². The summed E-state index contributed by atoms with van der Waals surface area (Å²) < 4.78 is 0. The molecule has 1 fully saturated rings. The molecule has 0 bridgehead atoms. The zero-order valence-corrected chi connectivity index (χ0v) is 8.77. The number of nitrogens with one attached hydrogen (secondary N) is 1. The maximum Gasteiger partial charge on any atom is 0.101 e. The molecule has 1 aliphatic rings. The van der Waals surface area contributed by atoms with Gasteiger partial charge in [-0.2, -0.15) is 5.26 Å². The van der Waals surface area contributed by atoms with E-state index in [1.165, 1.54) is 32.1 Å². The zero-order chi connectivity index (χ0) is 9.73. The Hall–Kier alpha value is -0.550. The smallest absolute Gasteiger partial charge is 0.101 e. The fourth-order valence-corrected chi connectivity index (χ4v) is 1.83. The molecule has 2 heteroatoms. The fourth-order valence-electron chi connectivity index (χ4n) is 1.83. The summed E-state index contributed by atoms with van der Waals surface area (Å²) in [6, 6.07) is 2.27. The topological polar surface area (TPSA) is 35.8 Å². The molecule has 0 unspecified atom stereocenters. The standard InChI is InChI=1S/C11H20N2/c1-11(2,9-12)13-8-10-6-4-3-5-7-10/h10,13H,3-8H2,1-2H3. The third-order valence-corrected chi connectivity index (χ3v) is 2.84. The van der Waals surface area contributed by atoms with Crippen LogP contribution in [0.2, 0.25) is 0 Å². The van der Waals surface area contributed by atoms with Crippen molar-refractivity contribution in [3.05, 3.63) is 0 Å². The molecule has 2 nitrogen and oxygen atoms in total. The SMILES string of the molecule is CC(C)(C#N)NCC1CCCCC1. The fraction of sp³-hybridized carbons (Fsp3) is 0.909. The van der Waals surface area contributed by atoms with Crippen LogP contribution in [-0.2, 0) is 0 Å².